The van der Waals surface area contributed by atoms with Crippen LogP contribution in [0.15, 0.2) is 67.0 Å². The molecule has 0 fully saturated rings. The van der Waals surface area contributed by atoms with Crippen molar-refractivity contribution in [2.75, 3.05) is 0 Å². The largest absolute Gasteiger partial charge is 0.508 e. The zero-order chi connectivity index (χ0) is 26.3. The van der Waals surface area contributed by atoms with Crippen molar-refractivity contribution in [3.8, 4) is 11.5 Å². The highest BCUT2D eigenvalue weighted by atomic mass is 16.5. The van der Waals surface area contributed by atoms with Crippen molar-refractivity contribution < 1.29 is 9.84 Å². The highest BCUT2D eigenvalue weighted by molar-refractivity contribution is 5.87. The van der Waals surface area contributed by atoms with Crippen LogP contribution in [-0.4, -0.2) is 14.2 Å². The van der Waals surface area contributed by atoms with E-state index in [4.69, 9.17) is 4.74 Å². The number of hydrogen-bond donors (Lipinski definition) is 1. The molecule has 2 heterocycles. The Bertz CT molecular complexity index is 1560. The van der Waals surface area contributed by atoms with Gasteiger partial charge in [-0.25, -0.2) is 0 Å². The second kappa shape index (κ2) is 10.0. The molecule has 192 valence electrons. The molecule has 1 unspecified atom stereocenters. The summed E-state index contributed by atoms with van der Waals surface area (Å²) < 4.78 is 10.8. The Morgan fingerprint density at radius 1 is 0.838 bits per heavy atom. The van der Waals surface area contributed by atoms with E-state index in [0.29, 0.717) is 18.3 Å². The topological polar surface area (TPSA) is 39.3 Å². The van der Waals surface area contributed by atoms with E-state index in [1.54, 1.807) is 0 Å². The molecule has 0 aliphatic carbocycles. The standard InChI is InChI=1S/C33H38N2O2/c1-21(2)26-14-31-29(17-33(26)37-20-24-10-8-7-9-11-24)25(19-35(31)6)13-12-22(3)28-15-30-27(16-32(28)36)23(4)18-34(30)5/h7-11,14-19,21-22,36H,12-13,20H2,1-6H3. The van der Waals surface area contributed by atoms with Gasteiger partial charge in [0.15, 0.2) is 0 Å². The third kappa shape index (κ3) is 4.85. The zero-order valence-corrected chi connectivity index (χ0v) is 22.9. The maximum Gasteiger partial charge on any atom is 0.124 e. The first-order chi connectivity index (χ1) is 17.7. The molecule has 0 saturated carbocycles. The molecule has 0 saturated heterocycles. The molecule has 4 heteroatoms. The summed E-state index contributed by atoms with van der Waals surface area (Å²) in [6.45, 7) is 9.31. The number of ether oxygens (including phenoxy) is 1. The fourth-order valence-corrected chi connectivity index (χ4v) is 5.57. The van der Waals surface area contributed by atoms with Gasteiger partial charge in [-0.3, -0.25) is 0 Å². The molecule has 3 aromatic carbocycles. The van der Waals surface area contributed by atoms with Gasteiger partial charge in [-0.15, -0.1) is 0 Å². The Kier molecular flexibility index (Phi) is 6.76. The molecule has 2 aromatic heterocycles. The molecule has 1 N–H and O–H groups in total. The Hall–Kier alpha value is -3.66. The van der Waals surface area contributed by atoms with Crippen molar-refractivity contribution in [1.29, 1.82) is 0 Å². The highest BCUT2D eigenvalue weighted by Gasteiger charge is 2.18. The lowest BCUT2D eigenvalue weighted by Gasteiger charge is -2.16. The summed E-state index contributed by atoms with van der Waals surface area (Å²) in [6.07, 6.45) is 6.26. The first-order valence-corrected chi connectivity index (χ1v) is 13.3. The van der Waals surface area contributed by atoms with Crippen molar-refractivity contribution in [2.45, 2.75) is 59.0 Å². The number of fused-ring (bicyclic) bond motifs is 2. The molecule has 4 nitrogen and oxygen atoms in total. The summed E-state index contributed by atoms with van der Waals surface area (Å²) >= 11 is 0. The van der Waals surface area contributed by atoms with Crippen LogP contribution in [0.25, 0.3) is 21.8 Å². The van der Waals surface area contributed by atoms with Crippen molar-refractivity contribution in [1.82, 2.24) is 9.13 Å². The van der Waals surface area contributed by atoms with Crippen LogP contribution in [0.5, 0.6) is 11.5 Å². The minimum absolute atomic E-state index is 0.235. The summed E-state index contributed by atoms with van der Waals surface area (Å²) in [5.41, 5.74) is 8.34. The number of aromatic nitrogens is 2. The van der Waals surface area contributed by atoms with E-state index in [9.17, 15) is 5.11 Å². The fraction of sp³-hybridized carbons (Fsp3) is 0.333. The predicted octanol–water partition coefficient (Wildman–Crippen LogP) is 8.12. The average Bonchev–Trinajstić information content (AvgIpc) is 3.34. The van der Waals surface area contributed by atoms with Gasteiger partial charge in [0.1, 0.15) is 18.1 Å². The van der Waals surface area contributed by atoms with Crippen LogP contribution in [-0.2, 0) is 27.1 Å². The Morgan fingerprint density at radius 3 is 2.24 bits per heavy atom. The number of benzene rings is 3. The molecule has 0 amide bonds. The van der Waals surface area contributed by atoms with E-state index in [1.165, 1.54) is 38.7 Å². The maximum absolute atomic E-state index is 10.8. The minimum atomic E-state index is 0.235. The Morgan fingerprint density at radius 2 is 1.51 bits per heavy atom. The summed E-state index contributed by atoms with van der Waals surface area (Å²) in [4.78, 5) is 0. The predicted molar refractivity (Wildman–Crippen MR) is 154 cm³/mol. The van der Waals surface area contributed by atoms with Crippen molar-refractivity contribution in [3.63, 3.8) is 0 Å². The van der Waals surface area contributed by atoms with E-state index in [0.717, 1.165) is 29.5 Å². The zero-order valence-electron chi connectivity index (χ0n) is 22.9. The quantitative estimate of drug-likeness (QED) is 0.237. The normalized spacial score (nSPS) is 12.6. The molecule has 37 heavy (non-hydrogen) atoms. The van der Waals surface area contributed by atoms with Gasteiger partial charge in [-0.2, -0.15) is 0 Å². The maximum atomic E-state index is 10.8. The van der Waals surface area contributed by atoms with Crippen LogP contribution in [0.2, 0.25) is 0 Å². The van der Waals surface area contributed by atoms with Gasteiger partial charge in [0.2, 0.25) is 0 Å². The molecule has 5 rings (SSSR count). The first-order valence-electron chi connectivity index (χ1n) is 13.3. The van der Waals surface area contributed by atoms with Crippen LogP contribution in [0.4, 0.5) is 0 Å². The minimum Gasteiger partial charge on any atom is -0.508 e. The number of hydrogen-bond acceptors (Lipinski definition) is 2. The van der Waals surface area contributed by atoms with Crippen LogP contribution in [0.1, 0.15) is 66.8 Å². The molecule has 0 aliphatic rings. The second-order valence-electron chi connectivity index (χ2n) is 10.9. The average molecular weight is 495 g/mol. The van der Waals surface area contributed by atoms with Crippen molar-refractivity contribution in [2.24, 2.45) is 14.1 Å². The molecular formula is C33H38N2O2. The number of aryl methyl sites for hydroxylation is 4. The van der Waals surface area contributed by atoms with Gasteiger partial charge in [0.05, 0.1) is 0 Å². The Balaban J connectivity index is 1.42. The van der Waals surface area contributed by atoms with E-state index in [-0.39, 0.29) is 5.92 Å². The second-order valence-corrected chi connectivity index (χ2v) is 10.9. The van der Waals surface area contributed by atoms with Gasteiger partial charge < -0.3 is 19.0 Å². The summed E-state index contributed by atoms with van der Waals surface area (Å²) in [7, 11) is 4.20. The number of rotatable bonds is 8. The van der Waals surface area contributed by atoms with Crippen LogP contribution in [0.3, 0.4) is 0 Å². The van der Waals surface area contributed by atoms with E-state index >= 15 is 0 Å². The summed E-state index contributed by atoms with van der Waals surface area (Å²) in [6, 6.07) is 19.0. The smallest absolute Gasteiger partial charge is 0.124 e. The number of nitrogens with zero attached hydrogens (tertiary/aromatic N) is 2. The lowest BCUT2D eigenvalue weighted by atomic mass is 9.92. The summed E-state index contributed by atoms with van der Waals surface area (Å²) in [5, 5.41) is 13.2. The number of phenols is 1. The summed E-state index contributed by atoms with van der Waals surface area (Å²) in [5.74, 6) is 1.96. The fourth-order valence-electron chi connectivity index (χ4n) is 5.57. The molecule has 0 radical (unpaired) electrons. The lowest BCUT2D eigenvalue weighted by Crippen LogP contribution is -2.01. The van der Waals surface area contributed by atoms with E-state index in [2.05, 4.69) is 106 Å². The van der Waals surface area contributed by atoms with Gasteiger partial charge in [0, 0.05) is 48.3 Å². The molecule has 5 aromatic rings. The molecule has 0 bridgehead atoms. The highest BCUT2D eigenvalue weighted by Crippen LogP contribution is 2.37. The SMILES string of the molecule is Cc1cn(C)c2cc(C(C)CCc3cn(C)c4cc(C(C)C)c(OCc5ccccc5)cc34)c(O)cc12. The lowest BCUT2D eigenvalue weighted by molar-refractivity contribution is 0.302. The van der Waals surface area contributed by atoms with Crippen LogP contribution >= 0.6 is 0 Å². The van der Waals surface area contributed by atoms with E-state index in [1.807, 2.05) is 12.1 Å². The van der Waals surface area contributed by atoms with Crippen molar-refractivity contribution in [3.05, 3.63) is 94.8 Å². The van der Waals surface area contributed by atoms with Gasteiger partial charge in [0.25, 0.3) is 0 Å². The third-order valence-electron chi connectivity index (χ3n) is 7.78. The van der Waals surface area contributed by atoms with Gasteiger partial charge in [-0.05, 0) is 83.7 Å². The van der Waals surface area contributed by atoms with Crippen LogP contribution in [0, 0.1) is 6.92 Å². The number of aromatic hydroxyl groups is 1. The molecule has 1 atom stereocenters. The van der Waals surface area contributed by atoms with Crippen molar-refractivity contribution >= 4 is 21.8 Å². The van der Waals surface area contributed by atoms with Gasteiger partial charge >= 0.3 is 0 Å². The number of phenolic OH excluding ortho intramolecular Hbond substituents is 1. The molecule has 0 aliphatic heterocycles. The van der Waals surface area contributed by atoms with Crippen LogP contribution < -0.4 is 4.74 Å². The Labute approximate surface area is 220 Å². The molecule has 0 spiro atoms. The monoisotopic (exact) mass is 494 g/mol. The van der Waals surface area contributed by atoms with E-state index < -0.39 is 0 Å². The first kappa shape index (κ1) is 25.0. The third-order valence-corrected chi connectivity index (χ3v) is 7.78. The molecular weight excluding hydrogens is 456 g/mol. The van der Waals surface area contributed by atoms with Gasteiger partial charge in [-0.1, -0.05) is 51.1 Å².